The summed E-state index contributed by atoms with van der Waals surface area (Å²) in [6, 6.07) is 5.51. The molecule has 0 unspecified atom stereocenters. The van der Waals surface area contributed by atoms with Crippen molar-refractivity contribution < 1.29 is 8.42 Å². The first-order valence-electron chi connectivity index (χ1n) is 4.96. The number of anilines is 1. The molecule has 1 heterocycles. The lowest BCUT2D eigenvalue weighted by molar-refractivity contribution is 0.388. The molecule has 0 bridgehead atoms. The Labute approximate surface area is 95.6 Å². The first-order valence-corrected chi connectivity index (χ1v) is 6.36. The minimum absolute atomic E-state index is 0.404. The van der Waals surface area contributed by atoms with Gasteiger partial charge in [0.05, 0.1) is 0 Å². The quantitative estimate of drug-likeness (QED) is 0.762. The molecule has 0 atom stereocenters. The molecule has 0 spiro atoms. The molecule has 1 aliphatic rings. The summed E-state index contributed by atoms with van der Waals surface area (Å²) in [5.74, 6) is 0. The van der Waals surface area contributed by atoms with Gasteiger partial charge in [-0.05, 0) is 23.3 Å². The zero-order valence-electron chi connectivity index (χ0n) is 9.34. The summed E-state index contributed by atoms with van der Waals surface area (Å²) in [6.07, 6.45) is 0. The third kappa shape index (κ3) is 1.79. The molecule has 0 amide bonds. The average molecular weight is 241 g/mol. The zero-order chi connectivity index (χ0) is 11.9. The first kappa shape index (κ1) is 11.4. The predicted molar refractivity (Wildman–Crippen MR) is 62.7 cm³/mol. The van der Waals surface area contributed by atoms with Gasteiger partial charge in [0, 0.05) is 32.9 Å². The SMILES string of the molecule is CN(C)S(=O)(=O)N1Cc2ccc(N)cc2C1. The Balaban J connectivity index is 2.30. The summed E-state index contributed by atoms with van der Waals surface area (Å²) in [7, 11) is -0.262. The molecular weight excluding hydrogens is 226 g/mol. The smallest absolute Gasteiger partial charge is 0.282 e. The molecule has 0 aliphatic carbocycles. The lowest BCUT2D eigenvalue weighted by atomic mass is 10.1. The summed E-state index contributed by atoms with van der Waals surface area (Å²) >= 11 is 0. The van der Waals surface area contributed by atoms with E-state index in [1.54, 1.807) is 6.07 Å². The average Bonchev–Trinajstić information content (AvgIpc) is 2.60. The van der Waals surface area contributed by atoms with Crippen LogP contribution in [0, 0.1) is 0 Å². The topological polar surface area (TPSA) is 66.6 Å². The van der Waals surface area contributed by atoms with Crippen LogP contribution in [0.3, 0.4) is 0 Å². The number of nitrogens with two attached hydrogens (primary N) is 1. The molecule has 0 radical (unpaired) electrons. The van der Waals surface area contributed by atoms with Crippen molar-refractivity contribution >= 4 is 15.9 Å². The first-order chi connectivity index (χ1) is 7.41. The van der Waals surface area contributed by atoms with Gasteiger partial charge in [-0.15, -0.1) is 0 Å². The predicted octanol–water partition coefficient (Wildman–Crippen LogP) is 0.391. The van der Waals surface area contributed by atoms with Crippen molar-refractivity contribution in [3.05, 3.63) is 29.3 Å². The highest BCUT2D eigenvalue weighted by molar-refractivity contribution is 7.86. The molecule has 88 valence electrons. The molecule has 16 heavy (non-hydrogen) atoms. The van der Waals surface area contributed by atoms with Gasteiger partial charge in [-0.3, -0.25) is 0 Å². The van der Waals surface area contributed by atoms with Gasteiger partial charge in [0.15, 0.2) is 0 Å². The van der Waals surface area contributed by atoms with Crippen LogP contribution in [0.5, 0.6) is 0 Å². The maximum atomic E-state index is 11.9. The molecule has 6 heteroatoms. The largest absolute Gasteiger partial charge is 0.399 e. The number of benzene rings is 1. The second-order valence-electron chi connectivity index (χ2n) is 4.09. The third-order valence-electron chi connectivity index (χ3n) is 2.71. The number of hydrogen-bond donors (Lipinski definition) is 1. The van der Waals surface area contributed by atoms with Crippen LogP contribution in [0.2, 0.25) is 0 Å². The lowest BCUT2D eigenvalue weighted by Gasteiger charge is -2.20. The Morgan fingerprint density at radius 2 is 1.88 bits per heavy atom. The van der Waals surface area contributed by atoms with Crippen molar-refractivity contribution in [3.8, 4) is 0 Å². The fourth-order valence-corrected chi connectivity index (χ4v) is 2.84. The highest BCUT2D eigenvalue weighted by Crippen LogP contribution is 2.27. The van der Waals surface area contributed by atoms with Gasteiger partial charge in [-0.25, -0.2) is 0 Å². The summed E-state index contributed by atoms with van der Waals surface area (Å²) in [6.45, 7) is 0.830. The van der Waals surface area contributed by atoms with Crippen LogP contribution in [0.4, 0.5) is 5.69 Å². The molecule has 1 aromatic carbocycles. The van der Waals surface area contributed by atoms with E-state index >= 15 is 0 Å². The molecule has 0 aromatic heterocycles. The molecule has 1 aliphatic heterocycles. The van der Waals surface area contributed by atoms with Crippen LogP contribution in [0.25, 0.3) is 0 Å². The fourth-order valence-electron chi connectivity index (χ4n) is 1.78. The molecular formula is C10H15N3O2S. The van der Waals surface area contributed by atoms with Crippen LogP contribution in [0.1, 0.15) is 11.1 Å². The van der Waals surface area contributed by atoms with E-state index in [0.29, 0.717) is 18.8 Å². The number of nitrogens with zero attached hydrogens (tertiary/aromatic N) is 2. The second-order valence-corrected chi connectivity index (χ2v) is 6.23. The normalized spacial score (nSPS) is 16.7. The fraction of sp³-hybridized carbons (Fsp3) is 0.400. The molecule has 5 nitrogen and oxygen atoms in total. The van der Waals surface area contributed by atoms with Crippen molar-refractivity contribution in [1.29, 1.82) is 0 Å². The highest BCUT2D eigenvalue weighted by atomic mass is 32.2. The molecule has 0 fully saturated rings. The van der Waals surface area contributed by atoms with Gasteiger partial charge < -0.3 is 5.73 Å². The van der Waals surface area contributed by atoms with Gasteiger partial charge in [0.1, 0.15) is 0 Å². The van der Waals surface area contributed by atoms with Gasteiger partial charge in [-0.1, -0.05) is 6.07 Å². The third-order valence-corrected chi connectivity index (χ3v) is 4.55. The number of nitrogen functional groups attached to an aromatic ring is 1. The van der Waals surface area contributed by atoms with Crippen LogP contribution >= 0.6 is 0 Å². The lowest BCUT2D eigenvalue weighted by Crippen LogP contribution is -2.36. The Bertz CT molecular complexity index is 511. The molecule has 1 aromatic rings. The minimum atomic E-state index is -3.33. The highest BCUT2D eigenvalue weighted by Gasteiger charge is 2.30. The van der Waals surface area contributed by atoms with E-state index in [9.17, 15) is 8.42 Å². The van der Waals surface area contributed by atoms with Crippen molar-refractivity contribution in [3.63, 3.8) is 0 Å². The van der Waals surface area contributed by atoms with Gasteiger partial charge in [0.2, 0.25) is 0 Å². The van der Waals surface area contributed by atoms with Crippen LogP contribution in [-0.4, -0.2) is 31.1 Å². The second kappa shape index (κ2) is 3.73. The van der Waals surface area contributed by atoms with Gasteiger partial charge in [0.25, 0.3) is 10.2 Å². The number of hydrogen-bond acceptors (Lipinski definition) is 3. The van der Waals surface area contributed by atoms with Crippen molar-refractivity contribution in [2.75, 3.05) is 19.8 Å². The Hall–Kier alpha value is -1.11. The summed E-state index contributed by atoms with van der Waals surface area (Å²) < 4.78 is 26.5. The minimum Gasteiger partial charge on any atom is -0.399 e. The van der Waals surface area contributed by atoms with E-state index in [1.807, 2.05) is 12.1 Å². The molecule has 2 N–H and O–H groups in total. The van der Waals surface area contributed by atoms with Crippen molar-refractivity contribution in [1.82, 2.24) is 8.61 Å². The maximum Gasteiger partial charge on any atom is 0.282 e. The van der Waals surface area contributed by atoms with Crippen LogP contribution in [-0.2, 0) is 23.3 Å². The number of fused-ring (bicyclic) bond motifs is 1. The molecule has 0 saturated carbocycles. The van der Waals surface area contributed by atoms with E-state index in [4.69, 9.17) is 5.73 Å². The number of rotatable bonds is 2. The van der Waals surface area contributed by atoms with Crippen LogP contribution < -0.4 is 5.73 Å². The van der Waals surface area contributed by atoms with E-state index in [-0.39, 0.29) is 0 Å². The summed E-state index contributed by atoms with van der Waals surface area (Å²) in [4.78, 5) is 0. The summed E-state index contributed by atoms with van der Waals surface area (Å²) in [5.41, 5.74) is 8.35. The van der Waals surface area contributed by atoms with Crippen LogP contribution in [0.15, 0.2) is 18.2 Å². The van der Waals surface area contributed by atoms with Gasteiger partial charge >= 0.3 is 0 Å². The Morgan fingerprint density at radius 3 is 2.50 bits per heavy atom. The Kier molecular flexibility index (Phi) is 2.65. The maximum absolute atomic E-state index is 11.9. The van der Waals surface area contributed by atoms with Crippen molar-refractivity contribution in [2.45, 2.75) is 13.1 Å². The monoisotopic (exact) mass is 241 g/mol. The summed E-state index contributed by atoms with van der Waals surface area (Å²) in [5, 5.41) is 0. The Morgan fingerprint density at radius 1 is 1.25 bits per heavy atom. The van der Waals surface area contributed by atoms with E-state index in [0.717, 1.165) is 11.1 Å². The molecule has 2 rings (SSSR count). The van der Waals surface area contributed by atoms with Gasteiger partial charge in [-0.2, -0.15) is 17.0 Å². The van der Waals surface area contributed by atoms with E-state index in [2.05, 4.69) is 0 Å². The zero-order valence-corrected chi connectivity index (χ0v) is 10.2. The van der Waals surface area contributed by atoms with E-state index in [1.165, 1.54) is 22.7 Å². The van der Waals surface area contributed by atoms with E-state index < -0.39 is 10.2 Å². The molecule has 0 saturated heterocycles. The van der Waals surface area contributed by atoms with Crippen molar-refractivity contribution in [2.24, 2.45) is 0 Å². The standard InChI is InChI=1S/C10H15N3O2S/c1-12(2)16(14,15)13-6-8-3-4-10(11)5-9(8)7-13/h3-5H,6-7,11H2,1-2H3.